The van der Waals surface area contributed by atoms with Gasteiger partial charge in [0.2, 0.25) is 0 Å². The summed E-state index contributed by atoms with van der Waals surface area (Å²) in [5.74, 6) is 0. The summed E-state index contributed by atoms with van der Waals surface area (Å²) in [6, 6.07) is 0. The highest BCUT2D eigenvalue weighted by molar-refractivity contribution is 7.95. The summed E-state index contributed by atoms with van der Waals surface area (Å²) in [5.41, 5.74) is 0.268. The predicted molar refractivity (Wildman–Crippen MR) is 32.8 cm³/mol. The molecule has 3 nitrogen and oxygen atoms in total. The first kappa shape index (κ1) is 7.02. The van der Waals surface area contributed by atoms with Crippen LogP contribution in [-0.2, 0) is 14.3 Å². The molecule has 0 aliphatic carbocycles. The van der Waals surface area contributed by atoms with E-state index in [1.165, 1.54) is 0 Å². The first-order valence-corrected chi connectivity index (χ1v) is 4.38. The molecule has 4 heteroatoms. The number of unbranched alkanes of at least 4 members (excludes halogenated alkanes) is 1. The second-order valence-electron chi connectivity index (χ2n) is 2.01. The van der Waals surface area contributed by atoms with E-state index in [2.05, 4.69) is 4.18 Å². The molecule has 1 aliphatic rings. The van der Waals surface area contributed by atoms with Gasteiger partial charge in [-0.15, -0.1) is 0 Å². The van der Waals surface area contributed by atoms with Crippen LogP contribution in [0.25, 0.3) is 0 Å². The molecule has 1 aliphatic heterocycles. The first-order valence-electron chi connectivity index (χ1n) is 2.97. The summed E-state index contributed by atoms with van der Waals surface area (Å²) in [5, 5.41) is 0. The molecule has 0 N–H and O–H groups in total. The summed E-state index contributed by atoms with van der Waals surface area (Å²) in [6.07, 6.45) is 2.48. The van der Waals surface area contributed by atoms with E-state index in [1.807, 2.05) is 6.92 Å². The minimum Gasteiger partial charge on any atom is -0.237 e. The highest BCUT2D eigenvalue weighted by Gasteiger charge is 2.47. The third-order valence-electron chi connectivity index (χ3n) is 1.19. The summed E-state index contributed by atoms with van der Waals surface area (Å²) in [6.45, 7) is 2.01. The van der Waals surface area contributed by atoms with Crippen LogP contribution in [0.1, 0.15) is 26.2 Å². The lowest BCUT2D eigenvalue weighted by molar-refractivity contribution is 0.493. The molecule has 0 aromatic carbocycles. The zero-order chi connectivity index (χ0) is 6.91. The van der Waals surface area contributed by atoms with E-state index in [0.717, 1.165) is 12.8 Å². The maximum absolute atomic E-state index is 10.3. The van der Waals surface area contributed by atoms with Gasteiger partial charge in [-0.1, -0.05) is 13.3 Å². The molecule has 1 fully saturated rings. The lowest BCUT2D eigenvalue weighted by Gasteiger charge is -1.83. The Balaban J connectivity index is 2.21. The van der Waals surface area contributed by atoms with Crippen LogP contribution < -0.4 is 0 Å². The van der Waals surface area contributed by atoms with E-state index in [0.29, 0.717) is 6.42 Å². The molecule has 0 bridgehead atoms. The Kier molecular flexibility index (Phi) is 1.77. The summed E-state index contributed by atoms with van der Waals surface area (Å²) in [4.78, 5) is 0. The maximum atomic E-state index is 10.3. The summed E-state index contributed by atoms with van der Waals surface area (Å²) < 4.78 is 24.9. The Labute approximate surface area is 55.1 Å². The van der Waals surface area contributed by atoms with E-state index >= 15 is 0 Å². The van der Waals surface area contributed by atoms with Crippen molar-refractivity contribution in [1.82, 2.24) is 0 Å². The van der Waals surface area contributed by atoms with Gasteiger partial charge in [0.15, 0.2) is 0 Å². The van der Waals surface area contributed by atoms with E-state index in [1.54, 1.807) is 0 Å². The number of rotatable bonds is 3. The van der Waals surface area contributed by atoms with Crippen molar-refractivity contribution in [2.24, 2.45) is 0 Å². The highest BCUT2D eigenvalue weighted by atomic mass is 32.2. The fourth-order valence-corrected chi connectivity index (χ4v) is 1.45. The molecule has 0 spiro atoms. The normalized spacial score (nSPS) is 24.1. The van der Waals surface area contributed by atoms with Gasteiger partial charge in [-0.3, -0.25) is 0 Å². The van der Waals surface area contributed by atoms with Crippen molar-refractivity contribution in [1.29, 1.82) is 0 Å². The lowest BCUT2D eigenvalue weighted by Crippen LogP contribution is -1.77. The van der Waals surface area contributed by atoms with Gasteiger partial charge in [0.05, 0.1) is 0 Å². The smallest absolute Gasteiger partial charge is 0.237 e. The molecule has 0 amide bonds. The molecular weight excluding hydrogens is 140 g/mol. The van der Waals surface area contributed by atoms with Crippen LogP contribution in [0.2, 0.25) is 0 Å². The Hall–Kier alpha value is -0.0900. The van der Waals surface area contributed by atoms with E-state index in [9.17, 15) is 8.42 Å². The van der Waals surface area contributed by atoms with Crippen LogP contribution in [0.15, 0.2) is 0 Å². The topological polar surface area (TPSA) is 46.7 Å². The van der Waals surface area contributed by atoms with Crippen LogP contribution in [0, 0.1) is 5.44 Å². The Bertz CT molecular complexity index is 182. The molecule has 0 aromatic heterocycles. The second-order valence-corrected chi connectivity index (χ2v) is 3.54. The number of hydrogen-bond acceptors (Lipinski definition) is 3. The molecule has 0 unspecified atom stereocenters. The van der Waals surface area contributed by atoms with Crippen molar-refractivity contribution in [3.63, 3.8) is 0 Å². The molecule has 1 rings (SSSR count). The summed E-state index contributed by atoms with van der Waals surface area (Å²) in [7, 11) is -3.11. The van der Waals surface area contributed by atoms with E-state index in [-0.39, 0.29) is 5.44 Å². The van der Waals surface area contributed by atoms with Gasteiger partial charge in [-0.05, 0) is 12.8 Å². The fourth-order valence-electron chi connectivity index (χ4n) is 0.593. The molecule has 0 saturated carbocycles. The minimum atomic E-state index is -3.11. The molecule has 1 radical (unpaired) electrons. The Morgan fingerprint density at radius 1 is 1.56 bits per heavy atom. The van der Waals surface area contributed by atoms with Gasteiger partial charge in [-0.2, -0.15) is 8.42 Å². The fraction of sp³-hybridized carbons (Fsp3) is 0.800. The Morgan fingerprint density at radius 2 is 2.11 bits per heavy atom. The van der Waals surface area contributed by atoms with Gasteiger partial charge >= 0.3 is 10.1 Å². The SMILES string of the molecule is CCCC[C]1OS1(=O)=O. The lowest BCUT2D eigenvalue weighted by atomic mass is 10.3. The largest absolute Gasteiger partial charge is 0.305 e. The van der Waals surface area contributed by atoms with Crippen molar-refractivity contribution < 1.29 is 12.6 Å². The van der Waals surface area contributed by atoms with Gasteiger partial charge in [0.25, 0.3) is 5.44 Å². The average molecular weight is 149 g/mol. The van der Waals surface area contributed by atoms with Gasteiger partial charge in [-0.25, -0.2) is 4.18 Å². The molecule has 1 saturated heterocycles. The van der Waals surface area contributed by atoms with Crippen LogP contribution in [0.4, 0.5) is 0 Å². The average Bonchev–Trinajstić information content (AvgIpc) is 2.35. The van der Waals surface area contributed by atoms with Crippen molar-refractivity contribution in [3.05, 3.63) is 5.44 Å². The molecule has 0 aromatic rings. The Morgan fingerprint density at radius 3 is 2.44 bits per heavy atom. The maximum Gasteiger partial charge on any atom is 0.305 e. The van der Waals surface area contributed by atoms with Crippen molar-refractivity contribution in [3.8, 4) is 0 Å². The first-order chi connectivity index (χ1) is 4.17. The van der Waals surface area contributed by atoms with Crippen molar-refractivity contribution in [2.45, 2.75) is 26.2 Å². The second kappa shape index (κ2) is 2.27. The monoisotopic (exact) mass is 149 g/mol. The van der Waals surface area contributed by atoms with Crippen LogP contribution in [-0.4, -0.2) is 8.42 Å². The molecule has 1 heterocycles. The molecule has 0 atom stereocenters. The molecular formula is C5H9O3S. The van der Waals surface area contributed by atoms with Crippen LogP contribution in [0.3, 0.4) is 0 Å². The van der Waals surface area contributed by atoms with Gasteiger partial charge < -0.3 is 0 Å². The van der Waals surface area contributed by atoms with E-state index < -0.39 is 10.1 Å². The predicted octanol–water partition coefficient (Wildman–Crippen LogP) is 1.03. The zero-order valence-corrected chi connectivity index (χ0v) is 6.07. The molecule has 53 valence electrons. The van der Waals surface area contributed by atoms with Crippen molar-refractivity contribution >= 4 is 10.1 Å². The standard InChI is InChI=1S/C5H9O3S/c1-2-3-4-5-8-9(5,6)7/h2-4H2,1H3. The third-order valence-corrected chi connectivity index (χ3v) is 2.30. The van der Waals surface area contributed by atoms with Gasteiger partial charge in [0, 0.05) is 0 Å². The summed E-state index contributed by atoms with van der Waals surface area (Å²) >= 11 is 0. The molecule has 9 heavy (non-hydrogen) atoms. The van der Waals surface area contributed by atoms with Gasteiger partial charge in [0.1, 0.15) is 0 Å². The number of hydrogen-bond donors (Lipinski definition) is 0. The third kappa shape index (κ3) is 1.66. The zero-order valence-electron chi connectivity index (χ0n) is 5.25. The van der Waals surface area contributed by atoms with Crippen LogP contribution >= 0.6 is 0 Å². The van der Waals surface area contributed by atoms with Crippen molar-refractivity contribution in [2.75, 3.05) is 0 Å². The van der Waals surface area contributed by atoms with Crippen LogP contribution in [0.5, 0.6) is 0 Å². The quantitative estimate of drug-likeness (QED) is 0.563. The van der Waals surface area contributed by atoms with E-state index in [4.69, 9.17) is 0 Å². The highest BCUT2D eigenvalue weighted by Crippen LogP contribution is 2.37. The minimum absolute atomic E-state index is 0.268.